The maximum absolute atomic E-state index is 12.2. The summed E-state index contributed by atoms with van der Waals surface area (Å²) in [5.41, 5.74) is 1.85. The quantitative estimate of drug-likeness (QED) is 0.700. The zero-order valence-electron chi connectivity index (χ0n) is 14.1. The molecule has 0 aliphatic heterocycles. The first kappa shape index (κ1) is 18.9. The van der Waals surface area contributed by atoms with E-state index in [4.69, 9.17) is 25.9 Å². The number of aryl methyl sites for hydroxylation is 2. The van der Waals surface area contributed by atoms with Crippen molar-refractivity contribution in [2.45, 2.75) is 26.7 Å². The number of ether oxygens (including phenoxy) is 1. The van der Waals surface area contributed by atoms with Crippen molar-refractivity contribution in [2.24, 2.45) is 0 Å². The molecule has 134 valence electrons. The Morgan fingerprint density at radius 2 is 2.04 bits per heavy atom. The van der Waals surface area contributed by atoms with Crippen molar-refractivity contribution in [3.05, 3.63) is 51.9 Å². The van der Waals surface area contributed by atoms with Gasteiger partial charge in [-0.1, -0.05) is 11.6 Å². The molecule has 6 nitrogen and oxygen atoms in total. The molecule has 0 radical (unpaired) electrons. The average Bonchev–Trinajstić information content (AvgIpc) is 2.88. The molecule has 0 saturated carbocycles. The largest absolute Gasteiger partial charge is 0.493 e. The van der Waals surface area contributed by atoms with E-state index in [-0.39, 0.29) is 23.7 Å². The number of nitrogens with one attached hydrogen (secondary N) is 1. The first-order chi connectivity index (χ1) is 11.9. The molecule has 0 atom stereocenters. The number of carbonyl (C=O) groups excluding carboxylic acids is 1. The second-order valence-corrected chi connectivity index (χ2v) is 6.09. The Bertz CT molecular complexity index is 769. The second kappa shape index (κ2) is 8.58. The van der Waals surface area contributed by atoms with E-state index in [2.05, 4.69) is 5.32 Å². The topological polar surface area (TPSA) is 88.8 Å². The number of hydrogen-bond donors (Lipinski definition) is 2. The zero-order chi connectivity index (χ0) is 18.4. The normalized spacial score (nSPS) is 10.5. The Morgan fingerprint density at radius 3 is 2.72 bits per heavy atom. The van der Waals surface area contributed by atoms with Crippen LogP contribution in [0.1, 0.15) is 33.7 Å². The fraction of sp³-hybridized carbons (Fsp3) is 0.333. The molecule has 0 fully saturated rings. The molecule has 7 heteroatoms. The molecule has 0 spiro atoms. The third-order valence-corrected chi connectivity index (χ3v) is 3.83. The Morgan fingerprint density at radius 1 is 1.28 bits per heavy atom. The van der Waals surface area contributed by atoms with Gasteiger partial charge < -0.3 is 19.6 Å². The Balaban J connectivity index is 1.81. The van der Waals surface area contributed by atoms with Gasteiger partial charge in [0.25, 0.3) is 5.91 Å². The van der Waals surface area contributed by atoms with Crippen LogP contribution in [-0.4, -0.2) is 30.1 Å². The van der Waals surface area contributed by atoms with Crippen LogP contribution in [0.3, 0.4) is 0 Å². The number of halogens is 1. The van der Waals surface area contributed by atoms with E-state index < -0.39 is 5.97 Å². The van der Waals surface area contributed by atoms with E-state index >= 15 is 0 Å². The lowest BCUT2D eigenvalue weighted by atomic mass is 10.1. The molecule has 25 heavy (non-hydrogen) atoms. The van der Waals surface area contributed by atoms with Gasteiger partial charge in [-0.15, -0.1) is 0 Å². The van der Waals surface area contributed by atoms with Crippen LogP contribution in [0.15, 0.2) is 28.9 Å². The van der Waals surface area contributed by atoms with Crippen LogP contribution in [0.25, 0.3) is 0 Å². The van der Waals surface area contributed by atoms with Gasteiger partial charge in [0, 0.05) is 17.1 Å². The lowest BCUT2D eigenvalue weighted by molar-refractivity contribution is -0.136. The van der Waals surface area contributed by atoms with Crippen molar-refractivity contribution in [1.82, 2.24) is 5.32 Å². The van der Waals surface area contributed by atoms with Crippen LogP contribution in [0.2, 0.25) is 5.02 Å². The van der Waals surface area contributed by atoms with Gasteiger partial charge in [0.05, 0.1) is 18.4 Å². The van der Waals surface area contributed by atoms with Crippen LogP contribution in [0, 0.1) is 13.8 Å². The number of amides is 1. The summed E-state index contributed by atoms with van der Waals surface area (Å²) in [5.74, 6) is -0.471. The van der Waals surface area contributed by atoms with Gasteiger partial charge in [0.1, 0.15) is 17.9 Å². The number of carboxylic acids is 1. The Kier molecular flexibility index (Phi) is 6.47. The van der Waals surface area contributed by atoms with Crippen LogP contribution in [0.4, 0.5) is 0 Å². The molecular weight excluding hydrogens is 346 g/mol. The van der Waals surface area contributed by atoms with Gasteiger partial charge in [-0.2, -0.15) is 0 Å². The fourth-order valence-electron chi connectivity index (χ4n) is 2.39. The highest BCUT2D eigenvalue weighted by molar-refractivity contribution is 6.30. The maximum atomic E-state index is 12.2. The zero-order valence-corrected chi connectivity index (χ0v) is 14.9. The highest BCUT2D eigenvalue weighted by atomic mass is 35.5. The molecule has 0 aliphatic rings. The van der Waals surface area contributed by atoms with E-state index in [0.717, 1.165) is 11.3 Å². The van der Waals surface area contributed by atoms with Crippen LogP contribution in [0.5, 0.6) is 5.75 Å². The summed E-state index contributed by atoms with van der Waals surface area (Å²) in [6.07, 6.45) is 1.67. The third kappa shape index (κ3) is 5.26. The number of hydrogen-bond acceptors (Lipinski definition) is 4. The average molecular weight is 366 g/mol. The van der Waals surface area contributed by atoms with Crippen molar-refractivity contribution in [2.75, 3.05) is 13.2 Å². The lowest BCUT2D eigenvalue weighted by Crippen LogP contribution is -2.27. The molecule has 0 aliphatic carbocycles. The van der Waals surface area contributed by atoms with Crippen LogP contribution >= 0.6 is 11.6 Å². The monoisotopic (exact) mass is 365 g/mol. The highest BCUT2D eigenvalue weighted by Gasteiger charge is 2.20. The molecule has 2 aromatic rings. The van der Waals surface area contributed by atoms with Crippen molar-refractivity contribution >= 4 is 23.5 Å². The van der Waals surface area contributed by atoms with E-state index in [0.29, 0.717) is 30.2 Å². The molecule has 1 heterocycles. The van der Waals surface area contributed by atoms with Crippen molar-refractivity contribution in [3.63, 3.8) is 0 Å². The minimum atomic E-state index is -1.05. The van der Waals surface area contributed by atoms with Gasteiger partial charge in [-0.25, -0.2) is 0 Å². The summed E-state index contributed by atoms with van der Waals surface area (Å²) in [6, 6.07) is 5.39. The number of aliphatic carboxylic acids is 1. The smallest absolute Gasteiger partial charge is 0.311 e. The summed E-state index contributed by atoms with van der Waals surface area (Å²) in [5, 5.41) is 12.3. The lowest BCUT2D eigenvalue weighted by Gasteiger charge is -2.10. The maximum Gasteiger partial charge on any atom is 0.311 e. The number of rotatable bonds is 8. The summed E-state index contributed by atoms with van der Waals surface area (Å²) in [4.78, 5) is 23.1. The number of furan rings is 1. The van der Waals surface area contributed by atoms with Crippen LogP contribution < -0.4 is 10.1 Å². The van der Waals surface area contributed by atoms with E-state index in [1.807, 2.05) is 19.1 Å². The molecule has 1 amide bonds. The summed E-state index contributed by atoms with van der Waals surface area (Å²) < 4.78 is 10.8. The molecule has 1 aromatic heterocycles. The Hall–Kier alpha value is -2.47. The summed E-state index contributed by atoms with van der Waals surface area (Å²) in [6.45, 7) is 4.46. The van der Waals surface area contributed by atoms with Gasteiger partial charge in [-0.05, 0) is 44.0 Å². The molecular formula is C18H20ClNO5. The fourth-order valence-corrected chi connectivity index (χ4v) is 2.62. The third-order valence-electron chi connectivity index (χ3n) is 3.59. The molecule has 0 saturated heterocycles. The molecule has 2 rings (SSSR count). The molecule has 2 N–H and O–H groups in total. The van der Waals surface area contributed by atoms with Crippen molar-refractivity contribution in [3.8, 4) is 5.75 Å². The van der Waals surface area contributed by atoms with E-state index in [9.17, 15) is 9.59 Å². The second-order valence-electron chi connectivity index (χ2n) is 5.66. The minimum absolute atomic E-state index is 0.163. The molecule has 0 bridgehead atoms. The predicted octanol–water partition coefficient (Wildman–Crippen LogP) is 3.38. The minimum Gasteiger partial charge on any atom is -0.493 e. The first-order valence-electron chi connectivity index (χ1n) is 7.84. The van der Waals surface area contributed by atoms with Gasteiger partial charge in [0.15, 0.2) is 0 Å². The number of carbonyl (C=O) groups is 2. The molecule has 0 unspecified atom stereocenters. The summed E-state index contributed by atoms with van der Waals surface area (Å²) in [7, 11) is 0. The standard InChI is InChI=1S/C18H20ClNO5/c1-11-8-13(19)4-5-14(11)24-7-3-6-20-18(23)17-12(2)10-25-15(17)9-16(21)22/h4-5,8,10H,3,6-7,9H2,1-2H3,(H,20,23)(H,21,22). The number of carboxylic acid groups (broad SMARTS) is 1. The molecule has 1 aromatic carbocycles. The van der Waals surface area contributed by atoms with Gasteiger partial charge in [0.2, 0.25) is 0 Å². The van der Waals surface area contributed by atoms with E-state index in [1.165, 1.54) is 6.26 Å². The SMILES string of the molecule is Cc1cc(Cl)ccc1OCCCNC(=O)c1c(C)coc1CC(=O)O. The Labute approximate surface area is 150 Å². The summed E-state index contributed by atoms with van der Waals surface area (Å²) >= 11 is 5.89. The highest BCUT2D eigenvalue weighted by Crippen LogP contribution is 2.22. The predicted molar refractivity (Wildman–Crippen MR) is 93.4 cm³/mol. The number of benzene rings is 1. The van der Waals surface area contributed by atoms with Crippen molar-refractivity contribution in [1.29, 1.82) is 0 Å². The van der Waals surface area contributed by atoms with Crippen LogP contribution in [-0.2, 0) is 11.2 Å². The van der Waals surface area contributed by atoms with E-state index in [1.54, 1.807) is 13.0 Å². The first-order valence-corrected chi connectivity index (χ1v) is 8.22. The van der Waals surface area contributed by atoms with Gasteiger partial charge in [-0.3, -0.25) is 9.59 Å². The van der Waals surface area contributed by atoms with Gasteiger partial charge >= 0.3 is 5.97 Å². The van der Waals surface area contributed by atoms with Crippen molar-refractivity contribution < 1.29 is 23.8 Å².